The van der Waals surface area contributed by atoms with Crippen molar-refractivity contribution in [2.24, 2.45) is 0 Å². The highest BCUT2D eigenvalue weighted by Crippen LogP contribution is 2.00. The van der Waals surface area contributed by atoms with Crippen LogP contribution in [0.15, 0.2) is 34.8 Å². The molecule has 0 radical (unpaired) electrons. The van der Waals surface area contributed by atoms with E-state index in [0.717, 1.165) is 14.9 Å². The van der Waals surface area contributed by atoms with Crippen molar-refractivity contribution < 1.29 is 0 Å². The lowest BCUT2D eigenvalue weighted by Crippen LogP contribution is -2.21. The Balaban J connectivity index is 3.20. The van der Waals surface area contributed by atoms with Gasteiger partial charge in [-0.2, -0.15) is 0 Å². The summed E-state index contributed by atoms with van der Waals surface area (Å²) in [6.45, 7) is 5.92. The van der Waals surface area contributed by atoms with Gasteiger partial charge in [0.25, 0.3) is 0 Å². The molecule has 1 aromatic rings. The Morgan fingerprint density at radius 1 is 1.42 bits per heavy atom. The predicted octanol–water partition coefficient (Wildman–Crippen LogP) is 2.18. The molecule has 0 saturated heterocycles. The van der Waals surface area contributed by atoms with Crippen molar-refractivity contribution in [1.82, 2.24) is 0 Å². The fraction of sp³-hybridized carbons (Fsp3) is 0.0909. The normalized spacial score (nSPS) is 13.5. The molecule has 0 saturated carbocycles. The SMILES string of the molecule is C=c1cccc/c1=C/C=C(\C)Br. The van der Waals surface area contributed by atoms with Gasteiger partial charge in [0.15, 0.2) is 0 Å². The lowest BCUT2D eigenvalue weighted by atomic mass is 10.2. The van der Waals surface area contributed by atoms with Crippen molar-refractivity contribution in [2.75, 3.05) is 0 Å². The van der Waals surface area contributed by atoms with Gasteiger partial charge < -0.3 is 0 Å². The molecule has 0 heterocycles. The molecule has 0 nitrogen and oxygen atoms in total. The first-order valence-corrected chi connectivity index (χ1v) is 4.57. The minimum Gasteiger partial charge on any atom is -0.0912 e. The zero-order chi connectivity index (χ0) is 8.97. The maximum atomic E-state index is 3.92. The van der Waals surface area contributed by atoms with Crippen LogP contribution in [0.1, 0.15) is 6.92 Å². The van der Waals surface area contributed by atoms with Crippen LogP contribution in [0.25, 0.3) is 12.7 Å². The van der Waals surface area contributed by atoms with Gasteiger partial charge >= 0.3 is 0 Å². The molecule has 0 fully saturated rings. The van der Waals surface area contributed by atoms with E-state index in [0.29, 0.717) is 0 Å². The van der Waals surface area contributed by atoms with Crippen LogP contribution in [0.4, 0.5) is 0 Å². The van der Waals surface area contributed by atoms with Gasteiger partial charge in [-0.05, 0) is 21.8 Å². The van der Waals surface area contributed by atoms with Crippen molar-refractivity contribution in [3.8, 4) is 0 Å². The number of allylic oxidation sites excluding steroid dienone is 2. The van der Waals surface area contributed by atoms with Crippen LogP contribution >= 0.6 is 15.9 Å². The second kappa shape index (κ2) is 4.27. The van der Waals surface area contributed by atoms with Crippen molar-refractivity contribution in [2.45, 2.75) is 6.92 Å². The molecule has 0 aliphatic carbocycles. The first-order chi connectivity index (χ1) is 5.70. The Labute approximate surface area is 81.1 Å². The number of hydrogen-bond donors (Lipinski definition) is 0. The number of halogens is 1. The summed E-state index contributed by atoms with van der Waals surface area (Å²) >= 11 is 3.37. The van der Waals surface area contributed by atoms with Crippen LogP contribution < -0.4 is 10.4 Å². The molecular weight excluding hydrogens is 212 g/mol. The summed E-state index contributed by atoms with van der Waals surface area (Å²) in [7, 11) is 0. The van der Waals surface area contributed by atoms with Crippen LogP contribution in [0.3, 0.4) is 0 Å². The summed E-state index contributed by atoms with van der Waals surface area (Å²) < 4.78 is 1.12. The van der Waals surface area contributed by atoms with Crippen molar-refractivity contribution in [3.05, 3.63) is 45.3 Å². The van der Waals surface area contributed by atoms with Crippen molar-refractivity contribution in [1.29, 1.82) is 0 Å². The second-order valence-corrected chi connectivity index (χ2v) is 3.87. The lowest BCUT2D eigenvalue weighted by molar-refractivity contribution is 1.53. The van der Waals surface area contributed by atoms with Gasteiger partial charge in [-0.3, -0.25) is 0 Å². The maximum Gasteiger partial charge on any atom is -0.00802 e. The van der Waals surface area contributed by atoms with Crippen LogP contribution in [0, 0.1) is 0 Å². The Hall–Kier alpha value is -0.820. The average molecular weight is 223 g/mol. The molecule has 0 N–H and O–H groups in total. The number of hydrogen-bond acceptors (Lipinski definition) is 0. The molecule has 0 aliphatic heterocycles. The van der Waals surface area contributed by atoms with Gasteiger partial charge in [0.2, 0.25) is 0 Å². The second-order valence-electron chi connectivity index (χ2n) is 2.62. The third-order valence-electron chi connectivity index (χ3n) is 1.55. The summed E-state index contributed by atoms with van der Waals surface area (Å²) in [5.74, 6) is 0. The maximum absolute atomic E-state index is 3.92. The van der Waals surface area contributed by atoms with E-state index in [-0.39, 0.29) is 0 Å². The average Bonchev–Trinajstić information content (AvgIpc) is 2.03. The highest BCUT2D eigenvalue weighted by Gasteiger charge is 1.78. The highest BCUT2D eigenvalue weighted by atomic mass is 79.9. The fourth-order valence-electron chi connectivity index (χ4n) is 0.901. The van der Waals surface area contributed by atoms with Crippen LogP contribution in [-0.2, 0) is 0 Å². The number of rotatable bonds is 1. The number of benzene rings is 1. The summed E-state index contributed by atoms with van der Waals surface area (Å²) in [6, 6.07) is 8.06. The molecule has 1 heteroatoms. The quantitative estimate of drug-likeness (QED) is 0.684. The third kappa shape index (κ3) is 2.67. The Morgan fingerprint density at radius 3 is 2.67 bits per heavy atom. The van der Waals surface area contributed by atoms with Crippen LogP contribution in [0.5, 0.6) is 0 Å². The molecule has 0 spiro atoms. The van der Waals surface area contributed by atoms with E-state index in [1.807, 2.05) is 37.3 Å². The lowest BCUT2D eigenvalue weighted by Gasteiger charge is -1.86. The van der Waals surface area contributed by atoms with E-state index in [4.69, 9.17) is 0 Å². The standard InChI is InChI=1S/C11H11Br/c1-9-5-3-4-6-11(9)8-7-10(2)12/h3-8H,1H2,2H3/b10-7+,11-8-. The van der Waals surface area contributed by atoms with Crippen molar-refractivity contribution in [3.63, 3.8) is 0 Å². The molecular formula is C11H11Br. The predicted molar refractivity (Wildman–Crippen MR) is 58.4 cm³/mol. The first kappa shape index (κ1) is 9.27. The van der Waals surface area contributed by atoms with Gasteiger partial charge in [0, 0.05) is 0 Å². The molecule has 0 unspecified atom stereocenters. The van der Waals surface area contributed by atoms with Gasteiger partial charge in [0.1, 0.15) is 0 Å². The largest absolute Gasteiger partial charge is 0.0912 e. The topological polar surface area (TPSA) is 0 Å². The van der Waals surface area contributed by atoms with Gasteiger partial charge in [0.05, 0.1) is 0 Å². The minimum atomic E-state index is 1.06. The molecule has 0 atom stereocenters. The Kier molecular flexibility index (Phi) is 3.30. The molecule has 62 valence electrons. The fourth-order valence-corrected chi connectivity index (χ4v) is 1.03. The Morgan fingerprint density at radius 2 is 2.08 bits per heavy atom. The zero-order valence-corrected chi connectivity index (χ0v) is 8.64. The summed E-state index contributed by atoms with van der Waals surface area (Å²) in [5.41, 5.74) is 0. The summed E-state index contributed by atoms with van der Waals surface area (Å²) in [6.07, 6.45) is 4.07. The van der Waals surface area contributed by atoms with E-state index in [1.165, 1.54) is 0 Å². The summed E-state index contributed by atoms with van der Waals surface area (Å²) in [5, 5.41) is 2.22. The highest BCUT2D eigenvalue weighted by molar-refractivity contribution is 9.11. The van der Waals surface area contributed by atoms with Gasteiger partial charge in [-0.25, -0.2) is 0 Å². The monoisotopic (exact) mass is 222 g/mol. The van der Waals surface area contributed by atoms with Gasteiger partial charge in [-0.15, -0.1) is 0 Å². The van der Waals surface area contributed by atoms with E-state index < -0.39 is 0 Å². The first-order valence-electron chi connectivity index (χ1n) is 3.78. The van der Waals surface area contributed by atoms with Crippen molar-refractivity contribution >= 4 is 28.6 Å². The van der Waals surface area contributed by atoms with E-state index in [2.05, 4.69) is 28.6 Å². The molecule has 0 aromatic heterocycles. The van der Waals surface area contributed by atoms with Gasteiger partial charge in [-0.1, -0.05) is 58.9 Å². The van der Waals surface area contributed by atoms with Crippen LogP contribution in [0.2, 0.25) is 0 Å². The molecule has 1 aromatic carbocycles. The van der Waals surface area contributed by atoms with E-state index in [1.54, 1.807) is 0 Å². The molecule has 0 aliphatic rings. The third-order valence-corrected chi connectivity index (χ3v) is 1.81. The minimum absolute atomic E-state index is 1.06. The van der Waals surface area contributed by atoms with E-state index >= 15 is 0 Å². The Bertz CT molecular complexity index is 384. The smallest absolute Gasteiger partial charge is 0.00802 e. The molecule has 0 bridgehead atoms. The molecule has 0 amide bonds. The zero-order valence-electron chi connectivity index (χ0n) is 7.05. The summed E-state index contributed by atoms with van der Waals surface area (Å²) in [4.78, 5) is 0. The molecule has 12 heavy (non-hydrogen) atoms. The van der Waals surface area contributed by atoms with Crippen LogP contribution in [-0.4, -0.2) is 0 Å². The van der Waals surface area contributed by atoms with E-state index in [9.17, 15) is 0 Å². The molecule has 1 rings (SSSR count).